The highest BCUT2D eigenvalue weighted by molar-refractivity contribution is 7.99. The number of pyridine rings is 1. The maximum absolute atomic E-state index is 8.47. The van der Waals surface area contributed by atoms with Gasteiger partial charge in [-0.2, -0.15) is 9.94 Å². The highest BCUT2D eigenvalue weighted by Gasteiger charge is 2.07. The van der Waals surface area contributed by atoms with Crippen molar-refractivity contribution in [3.63, 3.8) is 0 Å². The van der Waals surface area contributed by atoms with Gasteiger partial charge in [0.15, 0.2) is 0 Å². The molecule has 0 atom stereocenters. The van der Waals surface area contributed by atoms with Crippen LogP contribution in [-0.2, 0) is 0 Å². The molecule has 2 aromatic rings. The third-order valence-electron chi connectivity index (χ3n) is 1.60. The second-order valence-electron chi connectivity index (χ2n) is 2.53. The zero-order valence-corrected chi connectivity index (χ0v) is 8.42. The normalized spacial score (nSPS) is 9.80. The Morgan fingerprint density at radius 1 is 1.53 bits per heavy atom. The number of nitriles is 1. The van der Waals surface area contributed by atoms with Crippen molar-refractivity contribution in [2.75, 3.05) is 5.75 Å². The fourth-order valence-corrected chi connectivity index (χ4v) is 1.56. The van der Waals surface area contributed by atoms with Crippen LogP contribution in [0.2, 0.25) is 0 Å². The Balaban J connectivity index is 2.30. The number of rotatable bonds is 3. The fourth-order valence-electron chi connectivity index (χ4n) is 1.01. The van der Waals surface area contributed by atoms with Gasteiger partial charge in [0, 0.05) is 6.20 Å². The molecule has 0 radical (unpaired) electrons. The lowest BCUT2D eigenvalue weighted by molar-refractivity contribution is 0.753. The van der Waals surface area contributed by atoms with E-state index in [-0.39, 0.29) is 0 Å². The van der Waals surface area contributed by atoms with E-state index in [0.717, 1.165) is 5.69 Å². The van der Waals surface area contributed by atoms with Crippen LogP contribution in [0.4, 0.5) is 0 Å². The number of hydrogen-bond donors (Lipinski definition) is 0. The lowest BCUT2D eigenvalue weighted by Gasteiger charge is -2.00. The summed E-state index contributed by atoms with van der Waals surface area (Å²) in [5.74, 6) is 0.320. The van der Waals surface area contributed by atoms with Crippen molar-refractivity contribution >= 4 is 11.8 Å². The average molecular weight is 218 g/mol. The Kier molecular flexibility index (Phi) is 2.90. The number of aromatic nitrogens is 5. The largest absolute Gasteiger partial charge is 0.262 e. The van der Waals surface area contributed by atoms with Gasteiger partial charge in [0.25, 0.3) is 0 Å². The fraction of sp³-hybridized carbons (Fsp3) is 0.125. The van der Waals surface area contributed by atoms with Gasteiger partial charge in [-0.05, 0) is 22.6 Å². The topological polar surface area (TPSA) is 80.3 Å². The summed E-state index contributed by atoms with van der Waals surface area (Å²) in [5, 5.41) is 20.3. The van der Waals surface area contributed by atoms with Gasteiger partial charge in [-0.3, -0.25) is 4.98 Å². The summed E-state index contributed by atoms with van der Waals surface area (Å²) in [5.41, 5.74) is 0.780. The van der Waals surface area contributed by atoms with Crippen LogP contribution in [-0.4, -0.2) is 30.9 Å². The Morgan fingerprint density at radius 3 is 3.20 bits per heavy atom. The van der Waals surface area contributed by atoms with E-state index in [1.54, 1.807) is 23.1 Å². The van der Waals surface area contributed by atoms with Crippen molar-refractivity contribution in [1.82, 2.24) is 25.2 Å². The van der Waals surface area contributed by atoms with E-state index in [0.29, 0.717) is 10.9 Å². The van der Waals surface area contributed by atoms with Gasteiger partial charge in [-0.25, -0.2) is 0 Å². The summed E-state index contributed by atoms with van der Waals surface area (Å²) in [6.07, 6.45) is 3.34. The summed E-state index contributed by atoms with van der Waals surface area (Å²) in [7, 11) is 0. The number of thioether (sulfide) groups is 1. The molecule has 0 aliphatic rings. The summed E-state index contributed by atoms with van der Waals surface area (Å²) < 4.78 is 1.55. The highest BCUT2D eigenvalue weighted by Crippen LogP contribution is 2.16. The highest BCUT2D eigenvalue weighted by atomic mass is 32.2. The molecule has 15 heavy (non-hydrogen) atoms. The van der Waals surface area contributed by atoms with E-state index in [1.807, 2.05) is 12.1 Å². The van der Waals surface area contributed by atoms with Crippen molar-refractivity contribution < 1.29 is 0 Å². The lowest BCUT2D eigenvalue weighted by atomic mass is 10.4. The van der Waals surface area contributed by atoms with Crippen LogP contribution < -0.4 is 0 Å². The zero-order chi connectivity index (χ0) is 10.5. The van der Waals surface area contributed by atoms with Crippen LogP contribution in [0.1, 0.15) is 0 Å². The van der Waals surface area contributed by atoms with Gasteiger partial charge in [-0.1, -0.05) is 11.8 Å². The van der Waals surface area contributed by atoms with E-state index in [1.165, 1.54) is 11.8 Å². The third kappa shape index (κ3) is 2.11. The minimum Gasteiger partial charge on any atom is -0.262 e. The van der Waals surface area contributed by atoms with Gasteiger partial charge in [0.2, 0.25) is 5.16 Å². The Hall–Kier alpha value is -1.94. The predicted molar refractivity (Wildman–Crippen MR) is 53.3 cm³/mol. The molecule has 6 nitrogen and oxygen atoms in total. The average Bonchev–Trinajstić information content (AvgIpc) is 2.75. The Labute approximate surface area is 89.9 Å². The molecule has 0 aliphatic carbocycles. The summed E-state index contributed by atoms with van der Waals surface area (Å²) in [4.78, 5) is 3.97. The first-order valence-corrected chi connectivity index (χ1v) is 5.09. The van der Waals surface area contributed by atoms with Crippen molar-refractivity contribution in [2.24, 2.45) is 0 Å². The Morgan fingerprint density at radius 2 is 2.47 bits per heavy atom. The second kappa shape index (κ2) is 4.52. The van der Waals surface area contributed by atoms with Crippen LogP contribution in [0.25, 0.3) is 5.69 Å². The van der Waals surface area contributed by atoms with Gasteiger partial charge in [0.1, 0.15) is 0 Å². The quantitative estimate of drug-likeness (QED) is 0.704. The van der Waals surface area contributed by atoms with Crippen LogP contribution in [0.15, 0.2) is 29.7 Å². The minimum absolute atomic E-state index is 0.320. The number of nitrogens with zero attached hydrogens (tertiary/aromatic N) is 6. The van der Waals surface area contributed by atoms with Crippen molar-refractivity contribution in [1.29, 1.82) is 5.26 Å². The van der Waals surface area contributed by atoms with Crippen molar-refractivity contribution in [2.45, 2.75) is 5.16 Å². The van der Waals surface area contributed by atoms with E-state index < -0.39 is 0 Å². The molecular weight excluding hydrogens is 212 g/mol. The van der Waals surface area contributed by atoms with Crippen LogP contribution >= 0.6 is 11.8 Å². The first kappa shape index (κ1) is 9.61. The summed E-state index contributed by atoms with van der Waals surface area (Å²) >= 11 is 1.29. The smallest absolute Gasteiger partial charge is 0.215 e. The van der Waals surface area contributed by atoms with Gasteiger partial charge in [0.05, 0.1) is 23.7 Å². The zero-order valence-electron chi connectivity index (χ0n) is 7.61. The molecule has 7 heteroatoms. The number of hydrogen-bond acceptors (Lipinski definition) is 6. The maximum Gasteiger partial charge on any atom is 0.215 e. The Bertz CT molecular complexity index is 473. The molecule has 0 spiro atoms. The van der Waals surface area contributed by atoms with Crippen molar-refractivity contribution in [3.8, 4) is 11.8 Å². The third-order valence-corrected chi connectivity index (χ3v) is 2.38. The van der Waals surface area contributed by atoms with Gasteiger partial charge >= 0.3 is 0 Å². The van der Waals surface area contributed by atoms with E-state index >= 15 is 0 Å². The molecule has 0 fully saturated rings. The van der Waals surface area contributed by atoms with Gasteiger partial charge in [-0.15, -0.1) is 5.10 Å². The van der Waals surface area contributed by atoms with Crippen LogP contribution in [0, 0.1) is 11.3 Å². The van der Waals surface area contributed by atoms with Gasteiger partial charge < -0.3 is 0 Å². The summed E-state index contributed by atoms with van der Waals surface area (Å²) in [6.45, 7) is 0. The lowest BCUT2D eigenvalue weighted by Crippen LogP contribution is -1.99. The van der Waals surface area contributed by atoms with E-state index in [9.17, 15) is 0 Å². The standard InChI is InChI=1S/C8H6N6S/c9-3-5-15-8-11-12-13-14(8)7-2-1-4-10-6-7/h1-2,4,6H,5H2. The molecule has 0 saturated carbocycles. The van der Waals surface area contributed by atoms with Crippen LogP contribution in [0.5, 0.6) is 0 Å². The van der Waals surface area contributed by atoms with E-state index in [2.05, 4.69) is 20.5 Å². The first-order valence-electron chi connectivity index (χ1n) is 4.10. The van der Waals surface area contributed by atoms with Crippen LogP contribution in [0.3, 0.4) is 0 Å². The number of tetrazole rings is 1. The maximum atomic E-state index is 8.47. The molecule has 0 unspecified atom stereocenters. The molecule has 0 saturated heterocycles. The molecule has 2 aromatic heterocycles. The second-order valence-corrected chi connectivity index (χ2v) is 3.47. The SMILES string of the molecule is N#CCSc1nnnn1-c1cccnc1. The van der Waals surface area contributed by atoms with Crippen molar-refractivity contribution in [3.05, 3.63) is 24.5 Å². The molecule has 74 valence electrons. The molecule has 0 aliphatic heterocycles. The molecule has 2 heterocycles. The molecule has 0 bridgehead atoms. The monoisotopic (exact) mass is 218 g/mol. The molecule has 0 aromatic carbocycles. The minimum atomic E-state index is 0.320. The molecular formula is C8H6N6S. The molecule has 0 amide bonds. The first-order chi connectivity index (χ1) is 7.42. The predicted octanol–water partition coefficient (Wildman–Crippen LogP) is 0.673. The molecule has 0 N–H and O–H groups in total. The van der Waals surface area contributed by atoms with E-state index in [4.69, 9.17) is 5.26 Å². The molecule has 2 rings (SSSR count). The summed E-state index contributed by atoms with van der Waals surface area (Å²) in [6, 6.07) is 5.67.